The van der Waals surface area contributed by atoms with Crippen molar-refractivity contribution in [3.05, 3.63) is 47.5 Å². The molecule has 0 saturated carbocycles. The SMILES string of the molecule is Cc1cccc(-c2cc(O)cc(C)c2O)c1. The first-order valence-corrected chi connectivity index (χ1v) is 5.17. The molecule has 0 amide bonds. The summed E-state index contributed by atoms with van der Waals surface area (Å²) in [5.74, 6) is 0.398. The Bertz CT molecular complexity index is 530. The second-order valence-electron chi connectivity index (χ2n) is 4.03. The second-order valence-corrected chi connectivity index (χ2v) is 4.03. The van der Waals surface area contributed by atoms with Crippen LogP contribution >= 0.6 is 0 Å². The maximum atomic E-state index is 9.96. The maximum absolute atomic E-state index is 9.96. The molecule has 16 heavy (non-hydrogen) atoms. The highest BCUT2D eigenvalue weighted by Gasteiger charge is 2.08. The van der Waals surface area contributed by atoms with Crippen LogP contribution in [0.4, 0.5) is 0 Å². The number of rotatable bonds is 1. The summed E-state index contributed by atoms with van der Waals surface area (Å²) >= 11 is 0. The zero-order valence-corrected chi connectivity index (χ0v) is 9.36. The van der Waals surface area contributed by atoms with Gasteiger partial charge in [0.1, 0.15) is 11.5 Å². The van der Waals surface area contributed by atoms with Gasteiger partial charge in [-0.3, -0.25) is 0 Å². The summed E-state index contributed by atoms with van der Waals surface area (Å²) in [6, 6.07) is 11.0. The molecule has 2 aromatic carbocycles. The molecular formula is C14H14O2. The van der Waals surface area contributed by atoms with Crippen LogP contribution < -0.4 is 0 Å². The molecule has 0 aromatic heterocycles. The van der Waals surface area contributed by atoms with E-state index in [1.54, 1.807) is 19.1 Å². The number of hydrogen-bond acceptors (Lipinski definition) is 2. The van der Waals surface area contributed by atoms with Crippen molar-refractivity contribution in [1.82, 2.24) is 0 Å². The minimum absolute atomic E-state index is 0.173. The number of phenols is 2. The van der Waals surface area contributed by atoms with Gasteiger partial charge in [-0.25, -0.2) is 0 Å². The molecule has 2 rings (SSSR count). The minimum Gasteiger partial charge on any atom is -0.508 e. The molecule has 0 spiro atoms. The highest BCUT2D eigenvalue weighted by Crippen LogP contribution is 2.35. The van der Waals surface area contributed by atoms with E-state index in [9.17, 15) is 10.2 Å². The first kappa shape index (κ1) is 10.6. The molecule has 0 heterocycles. The van der Waals surface area contributed by atoms with E-state index in [0.29, 0.717) is 11.1 Å². The van der Waals surface area contributed by atoms with Crippen LogP contribution in [0.3, 0.4) is 0 Å². The normalized spacial score (nSPS) is 10.4. The Labute approximate surface area is 94.8 Å². The van der Waals surface area contributed by atoms with Gasteiger partial charge in [0.15, 0.2) is 0 Å². The van der Waals surface area contributed by atoms with Crippen LogP contribution in [0.1, 0.15) is 11.1 Å². The van der Waals surface area contributed by atoms with Gasteiger partial charge in [-0.2, -0.15) is 0 Å². The molecule has 82 valence electrons. The lowest BCUT2D eigenvalue weighted by atomic mass is 10.00. The second kappa shape index (κ2) is 3.89. The Hall–Kier alpha value is -1.96. The topological polar surface area (TPSA) is 40.5 Å². The van der Waals surface area contributed by atoms with E-state index in [-0.39, 0.29) is 11.5 Å². The molecule has 0 unspecified atom stereocenters. The molecule has 2 heteroatoms. The third-order valence-corrected chi connectivity index (χ3v) is 2.61. The largest absolute Gasteiger partial charge is 0.508 e. The van der Waals surface area contributed by atoms with Crippen molar-refractivity contribution >= 4 is 0 Å². The fourth-order valence-corrected chi connectivity index (χ4v) is 1.79. The minimum atomic E-state index is 0.173. The summed E-state index contributed by atoms with van der Waals surface area (Å²) in [6.07, 6.45) is 0. The van der Waals surface area contributed by atoms with Crippen LogP contribution in [0, 0.1) is 13.8 Å². The first-order chi connectivity index (χ1) is 7.58. The van der Waals surface area contributed by atoms with Gasteiger partial charge >= 0.3 is 0 Å². The third kappa shape index (κ3) is 1.87. The number of aromatic hydroxyl groups is 2. The predicted octanol–water partition coefficient (Wildman–Crippen LogP) is 3.38. The molecule has 0 bridgehead atoms. The molecule has 2 N–H and O–H groups in total. The van der Waals surface area contributed by atoms with Crippen molar-refractivity contribution in [3.8, 4) is 22.6 Å². The Morgan fingerprint density at radius 2 is 1.69 bits per heavy atom. The molecule has 0 radical (unpaired) electrons. The van der Waals surface area contributed by atoms with Gasteiger partial charge in [-0.1, -0.05) is 29.8 Å². The molecule has 0 atom stereocenters. The standard InChI is InChI=1S/C14H14O2/c1-9-4-3-5-11(6-9)13-8-12(15)7-10(2)14(13)16/h3-8,15-16H,1-2H3. The van der Waals surface area contributed by atoms with E-state index in [1.807, 2.05) is 31.2 Å². The van der Waals surface area contributed by atoms with Gasteiger partial charge in [0.2, 0.25) is 0 Å². The monoisotopic (exact) mass is 214 g/mol. The van der Waals surface area contributed by atoms with Gasteiger partial charge in [-0.15, -0.1) is 0 Å². The van der Waals surface area contributed by atoms with Crippen LogP contribution in [0.5, 0.6) is 11.5 Å². The lowest BCUT2D eigenvalue weighted by Crippen LogP contribution is -1.84. The summed E-state index contributed by atoms with van der Waals surface area (Å²) < 4.78 is 0. The van der Waals surface area contributed by atoms with Crippen LogP contribution in [0.2, 0.25) is 0 Å². The third-order valence-electron chi connectivity index (χ3n) is 2.61. The summed E-state index contributed by atoms with van der Waals surface area (Å²) in [5, 5.41) is 19.5. The average Bonchev–Trinajstić information content (AvgIpc) is 2.23. The number of hydrogen-bond donors (Lipinski definition) is 2. The first-order valence-electron chi connectivity index (χ1n) is 5.17. The van der Waals surface area contributed by atoms with Crippen molar-refractivity contribution in [2.45, 2.75) is 13.8 Å². The Morgan fingerprint density at radius 1 is 0.938 bits per heavy atom. The van der Waals surface area contributed by atoms with Gasteiger partial charge in [-0.05, 0) is 37.1 Å². The maximum Gasteiger partial charge on any atom is 0.126 e. The molecule has 0 aliphatic rings. The van der Waals surface area contributed by atoms with Crippen molar-refractivity contribution in [3.63, 3.8) is 0 Å². The Balaban J connectivity index is 2.64. The van der Waals surface area contributed by atoms with Gasteiger partial charge < -0.3 is 10.2 Å². The van der Waals surface area contributed by atoms with Crippen LogP contribution in [0.25, 0.3) is 11.1 Å². The average molecular weight is 214 g/mol. The van der Waals surface area contributed by atoms with Crippen molar-refractivity contribution in [2.24, 2.45) is 0 Å². The van der Waals surface area contributed by atoms with E-state index in [0.717, 1.165) is 11.1 Å². The highest BCUT2D eigenvalue weighted by molar-refractivity contribution is 5.73. The van der Waals surface area contributed by atoms with Crippen LogP contribution in [-0.2, 0) is 0 Å². The predicted molar refractivity (Wildman–Crippen MR) is 64.7 cm³/mol. The van der Waals surface area contributed by atoms with Gasteiger partial charge in [0.25, 0.3) is 0 Å². The number of phenolic OH excluding ortho intramolecular Hbond substituents is 2. The molecule has 2 nitrogen and oxygen atoms in total. The molecule has 2 aromatic rings. The fourth-order valence-electron chi connectivity index (χ4n) is 1.79. The quantitative estimate of drug-likeness (QED) is 0.714. The van der Waals surface area contributed by atoms with E-state index >= 15 is 0 Å². The van der Waals surface area contributed by atoms with E-state index in [1.165, 1.54) is 0 Å². The van der Waals surface area contributed by atoms with Gasteiger partial charge in [0.05, 0.1) is 0 Å². The van der Waals surface area contributed by atoms with Crippen LogP contribution in [0.15, 0.2) is 36.4 Å². The van der Waals surface area contributed by atoms with Crippen molar-refractivity contribution in [2.75, 3.05) is 0 Å². The molecular weight excluding hydrogens is 200 g/mol. The Morgan fingerprint density at radius 3 is 2.38 bits per heavy atom. The smallest absolute Gasteiger partial charge is 0.126 e. The summed E-state index contributed by atoms with van der Waals surface area (Å²) in [5.41, 5.74) is 3.38. The molecule has 0 fully saturated rings. The fraction of sp³-hybridized carbons (Fsp3) is 0.143. The lowest BCUT2D eigenvalue weighted by molar-refractivity contribution is 0.458. The van der Waals surface area contributed by atoms with Gasteiger partial charge in [0, 0.05) is 5.56 Å². The van der Waals surface area contributed by atoms with E-state index in [4.69, 9.17) is 0 Å². The van der Waals surface area contributed by atoms with Crippen LogP contribution in [-0.4, -0.2) is 10.2 Å². The van der Waals surface area contributed by atoms with Crippen molar-refractivity contribution < 1.29 is 10.2 Å². The molecule has 0 aliphatic carbocycles. The number of benzene rings is 2. The zero-order valence-electron chi connectivity index (χ0n) is 9.36. The number of aryl methyl sites for hydroxylation is 2. The van der Waals surface area contributed by atoms with E-state index in [2.05, 4.69) is 0 Å². The summed E-state index contributed by atoms with van der Waals surface area (Å²) in [7, 11) is 0. The highest BCUT2D eigenvalue weighted by atomic mass is 16.3. The van der Waals surface area contributed by atoms with Crippen molar-refractivity contribution in [1.29, 1.82) is 0 Å². The molecule has 0 saturated heterocycles. The Kier molecular flexibility index (Phi) is 2.57. The summed E-state index contributed by atoms with van der Waals surface area (Å²) in [6.45, 7) is 3.77. The molecule has 0 aliphatic heterocycles. The zero-order chi connectivity index (χ0) is 11.7. The summed E-state index contributed by atoms with van der Waals surface area (Å²) in [4.78, 5) is 0. The van der Waals surface area contributed by atoms with E-state index < -0.39 is 0 Å². The lowest BCUT2D eigenvalue weighted by Gasteiger charge is -2.09.